The van der Waals surface area contributed by atoms with E-state index in [0.29, 0.717) is 16.4 Å². The summed E-state index contributed by atoms with van der Waals surface area (Å²) in [5.41, 5.74) is -1.36. The molecule has 1 atom stereocenters. The van der Waals surface area contributed by atoms with Crippen LogP contribution in [0.15, 0.2) is 57.7 Å². The summed E-state index contributed by atoms with van der Waals surface area (Å²) in [5.74, 6) is -0.387. The molecule has 1 amide bonds. The first-order valence-electron chi connectivity index (χ1n) is 10.7. The van der Waals surface area contributed by atoms with E-state index in [-0.39, 0.29) is 6.04 Å². The predicted molar refractivity (Wildman–Crippen MR) is 124 cm³/mol. The maximum Gasteiger partial charge on any atom is 0.416 e. The highest BCUT2D eigenvalue weighted by atomic mass is 35.5. The van der Waals surface area contributed by atoms with Gasteiger partial charge in [0, 0.05) is 23.2 Å². The molecule has 4 rings (SSSR count). The van der Waals surface area contributed by atoms with Crippen molar-refractivity contribution in [2.24, 2.45) is 4.36 Å². The molecule has 14 heteroatoms. The van der Waals surface area contributed by atoms with Crippen LogP contribution in [0.3, 0.4) is 0 Å². The molecule has 1 aliphatic rings. The van der Waals surface area contributed by atoms with Crippen LogP contribution in [0.25, 0.3) is 11.4 Å². The summed E-state index contributed by atoms with van der Waals surface area (Å²) < 4.78 is 68.3. The van der Waals surface area contributed by atoms with Gasteiger partial charge in [-0.25, -0.2) is 9.48 Å². The van der Waals surface area contributed by atoms with E-state index in [2.05, 4.69) is 14.8 Å². The Morgan fingerprint density at radius 2 is 1.83 bits per heavy atom. The molecule has 1 heterocycles. The van der Waals surface area contributed by atoms with Crippen molar-refractivity contribution in [3.8, 4) is 11.4 Å². The molecule has 0 saturated heterocycles. The van der Waals surface area contributed by atoms with Crippen molar-refractivity contribution in [3.05, 3.63) is 75.2 Å². The average molecular weight is 542 g/mol. The zero-order valence-electron chi connectivity index (χ0n) is 18.4. The third-order valence-corrected chi connectivity index (χ3v) is 6.19. The molecular weight excluding hydrogens is 523 g/mol. The van der Waals surface area contributed by atoms with E-state index in [4.69, 9.17) is 11.6 Å². The minimum Gasteiger partial charge on any atom is -0.352 e. The van der Waals surface area contributed by atoms with Crippen molar-refractivity contribution in [3.63, 3.8) is 0 Å². The van der Waals surface area contributed by atoms with Gasteiger partial charge in [0.1, 0.15) is 12.6 Å². The molecule has 1 saturated carbocycles. The van der Waals surface area contributed by atoms with Gasteiger partial charge >= 0.3 is 22.4 Å². The van der Waals surface area contributed by atoms with Gasteiger partial charge in [-0.2, -0.15) is 26.0 Å². The third-order valence-electron chi connectivity index (χ3n) is 5.51. The first-order valence-corrected chi connectivity index (χ1v) is 12.1. The number of hydrogen-bond donors (Lipinski definition) is 1. The van der Waals surface area contributed by atoms with Crippen molar-refractivity contribution in [1.82, 2.24) is 19.7 Å². The molecule has 1 aliphatic carbocycles. The van der Waals surface area contributed by atoms with Crippen LogP contribution in [0.5, 0.6) is 0 Å². The molecule has 1 aromatic heterocycles. The quantitative estimate of drug-likeness (QED) is 0.467. The van der Waals surface area contributed by atoms with Gasteiger partial charge in [0.25, 0.3) is 0 Å². The van der Waals surface area contributed by atoms with Gasteiger partial charge in [-0.05, 0) is 48.7 Å². The number of aromatic nitrogens is 3. The van der Waals surface area contributed by atoms with Gasteiger partial charge in [0.05, 0.1) is 5.56 Å². The van der Waals surface area contributed by atoms with Crippen molar-refractivity contribution in [2.45, 2.75) is 37.6 Å². The van der Waals surface area contributed by atoms with Gasteiger partial charge in [0.15, 0.2) is 5.82 Å². The van der Waals surface area contributed by atoms with Crippen LogP contribution in [-0.4, -0.2) is 35.2 Å². The van der Waals surface area contributed by atoms with E-state index < -0.39 is 58.5 Å². The minimum atomic E-state index is -4.75. The summed E-state index contributed by atoms with van der Waals surface area (Å²) in [6, 6.07) is 9.49. The summed E-state index contributed by atoms with van der Waals surface area (Å²) >= 11 is 5.93. The molecule has 0 radical (unpaired) electrons. The number of carbonyl (C=O) groups excluding carboxylic acids is 1. The number of amides is 1. The van der Waals surface area contributed by atoms with E-state index in [1.807, 2.05) is 0 Å². The molecule has 36 heavy (non-hydrogen) atoms. The van der Waals surface area contributed by atoms with Gasteiger partial charge in [-0.3, -0.25) is 9.36 Å². The molecule has 0 aliphatic heterocycles. The Bertz CT molecular complexity index is 1470. The molecule has 0 spiro atoms. The lowest BCUT2D eigenvalue weighted by molar-refractivity contribution is -0.138. The number of hydrogen-bond acceptors (Lipinski definition) is 6. The summed E-state index contributed by atoms with van der Waals surface area (Å²) in [5, 5.41) is 7.15. The largest absolute Gasteiger partial charge is 0.416 e. The topological polar surface area (TPSA) is 115 Å². The number of nitrogens with zero attached hydrogens (tertiary/aromatic N) is 4. The average Bonchev–Trinajstić information content (AvgIpc) is 3.60. The summed E-state index contributed by atoms with van der Waals surface area (Å²) in [6.07, 6.45) is -3.18. The van der Waals surface area contributed by atoms with E-state index in [9.17, 15) is 31.2 Å². The molecule has 0 bridgehead atoms. The maximum absolute atomic E-state index is 13.4. The highest BCUT2D eigenvalue weighted by Gasteiger charge is 2.35. The van der Waals surface area contributed by atoms with Crippen LogP contribution < -0.4 is 11.0 Å². The highest BCUT2D eigenvalue weighted by molar-refractivity contribution is 7.61. The Kier molecular flexibility index (Phi) is 7.31. The van der Waals surface area contributed by atoms with Crippen LogP contribution in [0.1, 0.15) is 36.1 Å². The fraction of sp³-hybridized carbons (Fsp3) is 0.318. The SMILES string of the molecule is O=C(Cn1nc(-c2ccc(Cl)cc2)n(C2CC2)c1=O)NCC(N=S(=O)=O)c1ccccc1C(F)(F)F. The smallest absolute Gasteiger partial charge is 0.352 e. The van der Waals surface area contributed by atoms with Gasteiger partial charge in [0.2, 0.25) is 5.91 Å². The highest BCUT2D eigenvalue weighted by Crippen LogP contribution is 2.37. The molecule has 9 nitrogen and oxygen atoms in total. The van der Waals surface area contributed by atoms with E-state index in [1.54, 1.807) is 24.3 Å². The first kappa shape index (κ1) is 25.6. The summed E-state index contributed by atoms with van der Waals surface area (Å²) in [6.45, 7) is -1.06. The number of carbonyl (C=O) groups is 1. The summed E-state index contributed by atoms with van der Waals surface area (Å²) in [7, 11) is -3.03. The molecule has 2 aromatic carbocycles. The Labute approximate surface area is 209 Å². The second-order valence-corrected chi connectivity index (χ2v) is 9.18. The number of nitrogens with one attached hydrogen (secondary N) is 1. The second kappa shape index (κ2) is 10.3. The number of alkyl halides is 3. The minimum absolute atomic E-state index is 0.0472. The molecule has 1 unspecified atom stereocenters. The standard InChI is InChI=1S/C22H19ClF3N5O4S/c23-14-7-5-13(6-8-14)20-28-30(21(33)31(20)15-9-10-15)12-19(32)27-11-18(29-36(34)35)16-3-1-2-4-17(16)22(24,25)26/h1-8,15,18H,9-12H2,(H,27,32). The molecule has 3 aromatic rings. The summed E-state index contributed by atoms with van der Waals surface area (Å²) in [4.78, 5) is 25.5. The Morgan fingerprint density at radius 1 is 1.17 bits per heavy atom. The van der Waals surface area contributed by atoms with Crippen molar-refractivity contribution in [2.75, 3.05) is 6.54 Å². The monoisotopic (exact) mass is 541 g/mol. The number of rotatable bonds is 8. The third kappa shape index (κ3) is 5.85. The zero-order chi connectivity index (χ0) is 26.0. The van der Waals surface area contributed by atoms with Crippen LogP contribution in [0, 0.1) is 0 Å². The Morgan fingerprint density at radius 3 is 2.44 bits per heavy atom. The normalized spacial score (nSPS) is 14.3. The molecular formula is C22H19ClF3N5O4S. The molecule has 1 fully saturated rings. The van der Waals surface area contributed by atoms with Gasteiger partial charge in [-0.1, -0.05) is 29.8 Å². The molecule has 1 N–H and O–H groups in total. The van der Waals surface area contributed by atoms with E-state index in [0.717, 1.165) is 35.7 Å². The number of halogens is 4. The lowest BCUT2D eigenvalue weighted by Gasteiger charge is -2.17. The van der Waals surface area contributed by atoms with Gasteiger partial charge in [-0.15, -0.1) is 5.10 Å². The van der Waals surface area contributed by atoms with E-state index in [1.165, 1.54) is 10.6 Å². The maximum atomic E-state index is 13.4. The van der Waals surface area contributed by atoms with Crippen LogP contribution in [-0.2, 0) is 28.0 Å². The number of benzene rings is 2. The van der Waals surface area contributed by atoms with Crippen LogP contribution in [0.2, 0.25) is 5.02 Å². The van der Waals surface area contributed by atoms with Crippen molar-refractivity contribution < 1.29 is 26.4 Å². The lowest BCUT2D eigenvalue weighted by Crippen LogP contribution is -2.35. The molecule has 190 valence electrons. The Balaban J connectivity index is 1.55. The van der Waals surface area contributed by atoms with Crippen LogP contribution in [0.4, 0.5) is 13.2 Å². The first-order chi connectivity index (χ1) is 17.0. The van der Waals surface area contributed by atoms with Crippen molar-refractivity contribution in [1.29, 1.82) is 0 Å². The fourth-order valence-electron chi connectivity index (χ4n) is 3.74. The van der Waals surface area contributed by atoms with Crippen LogP contribution >= 0.6 is 11.6 Å². The lowest BCUT2D eigenvalue weighted by atomic mass is 10.0. The second-order valence-electron chi connectivity index (χ2n) is 8.10. The van der Waals surface area contributed by atoms with Gasteiger partial charge < -0.3 is 5.32 Å². The fourth-order valence-corrected chi connectivity index (χ4v) is 4.26. The van der Waals surface area contributed by atoms with E-state index >= 15 is 0 Å². The van der Waals surface area contributed by atoms with Crippen molar-refractivity contribution >= 4 is 28.0 Å². The predicted octanol–water partition coefficient (Wildman–Crippen LogP) is 3.64. The zero-order valence-corrected chi connectivity index (χ0v) is 20.0. The Hall–Kier alpha value is -3.45.